The predicted molar refractivity (Wildman–Crippen MR) is 83.8 cm³/mol. The number of nitro benzene ring substituents is 1. The molecule has 0 aliphatic rings. The van der Waals surface area contributed by atoms with E-state index in [9.17, 15) is 14.9 Å². The summed E-state index contributed by atoms with van der Waals surface area (Å²) in [7, 11) is 3.71. The fourth-order valence-electron chi connectivity index (χ4n) is 1.72. The lowest BCUT2D eigenvalue weighted by Gasteiger charge is -2.00. The number of hydrogen-bond acceptors (Lipinski definition) is 5. The Morgan fingerprint density at radius 1 is 1.50 bits per heavy atom. The number of nitro groups is 1. The largest absolute Gasteiger partial charge is 0.384 e. The minimum Gasteiger partial charge on any atom is -0.348 e. The van der Waals surface area contributed by atoms with Crippen LogP contribution in [0.3, 0.4) is 0 Å². The van der Waals surface area contributed by atoms with E-state index in [-0.39, 0.29) is 18.0 Å². The van der Waals surface area contributed by atoms with Gasteiger partial charge in [0, 0.05) is 37.2 Å². The number of Topliss-reactive ketones (excluding diaryl/α,β-unsaturated/α-hetero) is 1. The van der Waals surface area contributed by atoms with E-state index in [1.54, 1.807) is 28.1 Å². The zero-order valence-electron chi connectivity index (χ0n) is 12.2. The first-order valence-electron chi connectivity index (χ1n) is 6.42. The highest BCUT2D eigenvalue weighted by Crippen LogP contribution is 2.15. The van der Waals surface area contributed by atoms with Crippen LogP contribution in [-0.4, -0.2) is 36.0 Å². The van der Waals surface area contributed by atoms with Crippen LogP contribution < -0.4 is 4.57 Å². The van der Waals surface area contributed by atoms with Gasteiger partial charge in [0.05, 0.1) is 4.92 Å². The molecule has 0 radical (unpaired) electrons. The summed E-state index contributed by atoms with van der Waals surface area (Å²) in [6, 6.07) is 5.74. The standard InChI is InChI=1S/C14H15N4O3S/c1-16(2)10-15-14-17(6-7-22-14)9-13(19)11-4-3-5-12(8-11)18(20)21/h3-8,10H,9H2,1-2H3/q+1. The van der Waals surface area contributed by atoms with Crippen molar-refractivity contribution in [3.63, 3.8) is 0 Å². The maximum atomic E-state index is 12.3. The average Bonchev–Trinajstić information content (AvgIpc) is 2.92. The first-order valence-corrected chi connectivity index (χ1v) is 7.30. The first-order chi connectivity index (χ1) is 10.5. The van der Waals surface area contributed by atoms with E-state index in [1.807, 2.05) is 19.5 Å². The van der Waals surface area contributed by atoms with Crippen molar-refractivity contribution in [1.82, 2.24) is 4.90 Å². The summed E-state index contributed by atoms with van der Waals surface area (Å²) < 4.78 is 1.71. The molecule has 0 aliphatic heterocycles. The highest BCUT2D eigenvalue weighted by atomic mass is 32.1. The quantitative estimate of drug-likeness (QED) is 0.204. The topological polar surface area (TPSA) is 79.7 Å². The number of hydrogen-bond donors (Lipinski definition) is 0. The fourth-order valence-corrected chi connectivity index (χ4v) is 2.42. The van der Waals surface area contributed by atoms with Gasteiger partial charge in [-0.05, 0) is 4.99 Å². The Kier molecular flexibility index (Phi) is 4.95. The Balaban J connectivity index is 2.18. The normalized spacial score (nSPS) is 10.8. The zero-order valence-corrected chi connectivity index (χ0v) is 13.0. The number of nitrogens with zero attached hydrogens (tertiary/aromatic N) is 4. The molecule has 0 N–H and O–H groups in total. The Morgan fingerprint density at radius 3 is 2.95 bits per heavy atom. The Morgan fingerprint density at radius 2 is 2.27 bits per heavy atom. The smallest absolute Gasteiger partial charge is 0.348 e. The molecule has 0 fully saturated rings. The first kappa shape index (κ1) is 15.8. The Bertz CT molecular complexity index is 724. The van der Waals surface area contributed by atoms with Crippen LogP contribution in [-0.2, 0) is 6.54 Å². The maximum absolute atomic E-state index is 12.3. The van der Waals surface area contributed by atoms with Gasteiger partial charge in [-0.25, -0.2) is 4.57 Å². The van der Waals surface area contributed by atoms with Crippen LogP contribution in [0.25, 0.3) is 0 Å². The molecular weight excluding hydrogens is 304 g/mol. The lowest BCUT2D eigenvalue weighted by atomic mass is 10.1. The van der Waals surface area contributed by atoms with Crippen molar-refractivity contribution < 1.29 is 14.3 Å². The molecule has 1 aromatic carbocycles. The number of ketones is 1. The van der Waals surface area contributed by atoms with Crippen molar-refractivity contribution >= 4 is 34.3 Å². The van der Waals surface area contributed by atoms with Crippen molar-refractivity contribution in [3.05, 3.63) is 51.5 Å². The van der Waals surface area contributed by atoms with Gasteiger partial charge in [0.15, 0.2) is 6.54 Å². The summed E-state index contributed by atoms with van der Waals surface area (Å²) in [5, 5.41) is 13.3. The molecule has 114 valence electrons. The molecule has 0 spiro atoms. The molecule has 7 nitrogen and oxygen atoms in total. The number of carbonyl (C=O) groups is 1. The molecular formula is C14H15N4O3S+. The van der Waals surface area contributed by atoms with Crippen LogP contribution in [0.15, 0.2) is 40.8 Å². The third-order valence-corrected chi connectivity index (χ3v) is 3.56. The average molecular weight is 319 g/mol. The molecule has 1 aromatic heterocycles. The van der Waals surface area contributed by atoms with Crippen LogP contribution in [0.2, 0.25) is 0 Å². The molecule has 2 rings (SSSR count). The molecule has 2 aromatic rings. The molecule has 22 heavy (non-hydrogen) atoms. The van der Waals surface area contributed by atoms with Gasteiger partial charge in [0.25, 0.3) is 5.69 Å². The van der Waals surface area contributed by atoms with E-state index in [0.717, 1.165) is 0 Å². The van der Waals surface area contributed by atoms with Gasteiger partial charge in [-0.1, -0.05) is 23.5 Å². The highest BCUT2D eigenvalue weighted by Gasteiger charge is 2.17. The summed E-state index contributed by atoms with van der Waals surface area (Å²) in [5.74, 6) is -0.201. The Hall–Kier alpha value is -2.61. The SMILES string of the molecule is CN(C)C=Nc1scc[n+]1CC(=O)c1cccc([N+](=O)[O-])c1. The second-order valence-corrected chi connectivity index (χ2v) is 5.63. The molecule has 0 saturated carbocycles. The number of rotatable bonds is 6. The van der Waals surface area contributed by atoms with Gasteiger partial charge in [-0.3, -0.25) is 14.9 Å². The van der Waals surface area contributed by atoms with Gasteiger partial charge in [0.2, 0.25) is 12.1 Å². The van der Waals surface area contributed by atoms with E-state index >= 15 is 0 Å². The highest BCUT2D eigenvalue weighted by molar-refractivity contribution is 7.12. The molecule has 8 heteroatoms. The van der Waals surface area contributed by atoms with Crippen LogP contribution in [0.4, 0.5) is 10.8 Å². The molecule has 0 aliphatic carbocycles. The second kappa shape index (κ2) is 6.90. The van der Waals surface area contributed by atoms with Crippen LogP contribution in [0.5, 0.6) is 0 Å². The van der Waals surface area contributed by atoms with Crippen LogP contribution >= 0.6 is 11.3 Å². The van der Waals surface area contributed by atoms with Crippen molar-refractivity contribution in [2.24, 2.45) is 4.99 Å². The Labute approximate surface area is 131 Å². The van der Waals surface area contributed by atoms with Gasteiger partial charge in [0.1, 0.15) is 6.20 Å². The monoisotopic (exact) mass is 319 g/mol. The van der Waals surface area contributed by atoms with Crippen molar-refractivity contribution in [2.45, 2.75) is 6.54 Å². The number of non-ortho nitro benzene ring substituents is 1. The third kappa shape index (κ3) is 3.95. The fraction of sp³-hybridized carbons (Fsp3) is 0.214. The van der Waals surface area contributed by atoms with Crippen molar-refractivity contribution in [2.75, 3.05) is 14.1 Å². The molecule has 0 saturated heterocycles. The molecule has 0 atom stereocenters. The number of carbonyl (C=O) groups excluding carboxylic acids is 1. The lowest BCUT2D eigenvalue weighted by molar-refractivity contribution is -0.665. The minimum absolute atomic E-state index is 0.0881. The molecule has 0 amide bonds. The van der Waals surface area contributed by atoms with E-state index in [2.05, 4.69) is 4.99 Å². The van der Waals surface area contributed by atoms with Crippen molar-refractivity contribution in [3.8, 4) is 0 Å². The lowest BCUT2D eigenvalue weighted by Crippen LogP contribution is -2.36. The predicted octanol–water partition coefficient (Wildman–Crippen LogP) is 2.05. The van der Waals surface area contributed by atoms with Crippen LogP contribution in [0, 0.1) is 10.1 Å². The number of aromatic nitrogens is 1. The van der Waals surface area contributed by atoms with Gasteiger partial charge >= 0.3 is 5.13 Å². The summed E-state index contributed by atoms with van der Waals surface area (Å²) in [6.45, 7) is 0.0881. The van der Waals surface area contributed by atoms with Gasteiger partial charge < -0.3 is 4.90 Å². The number of thiazole rings is 1. The van der Waals surface area contributed by atoms with E-state index in [1.165, 1.54) is 29.5 Å². The zero-order chi connectivity index (χ0) is 16.1. The van der Waals surface area contributed by atoms with E-state index in [0.29, 0.717) is 10.7 Å². The molecule has 0 unspecified atom stereocenters. The summed E-state index contributed by atoms with van der Waals surface area (Å²) >= 11 is 1.41. The van der Waals surface area contributed by atoms with Crippen LogP contribution in [0.1, 0.15) is 10.4 Å². The maximum Gasteiger partial charge on any atom is 0.384 e. The van der Waals surface area contributed by atoms with Gasteiger partial charge in [-0.15, -0.1) is 0 Å². The third-order valence-electron chi connectivity index (χ3n) is 2.75. The van der Waals surface area contributed by atoms with E-state index in [4.69, 9.17) is 0 Å². The van der Waals surface area contributed by atoms with Crippen molar-refractivity contribution in [1.29, 1.82) is 0 Å². The molecule has 0 bridgehead atoms. The summed E-state index contributed by atoms with van der Waals surface area (Å²) in [5.41, 5.74) is 0.224. The summed E-state index contributed by atoms with van der Waals surface area (Å²) in [6.07, 6.45) is 3.42. The van der Waals surface area contributed by atoms with E-state index < -0.39 is 4.92 Å². The number of aliphatic imine (C=N–C) groups is 1. The second-order valence-electron chi connectivity index (χ2n) is 4.75. The summed E-state index contributed by atoms with van der Waals surface area (Å²) in [4.78, 5) is 28.6. The van der Waals surface area contributed by atoms with Gasteiger partial charge in [-0.2, -0.15) is 0 Å². The molecule has 1 heterocycles. The minimum atomic E-state index is -0.513. The number of benzene rings is 1.